The lowest BCUT2D eigenvalue weighted by Crippen LogP contribution is -1.79. The van der Waals surface area contributed by atoms with Crippen molar-refractivity contribution in [2.24, 2.45) is 0 Å². The van der Waals surface area contributed by atoms with Gasteiger partial charge in [0.15, 0.2) is 0 Å². The fourth-order valence-electron chi connectivity index (χ4n) is 0.0645. The molecule has 0 fully saturated rings. The van der Waals surface area contributed by atoms with Gasteiger partial charge in [-0.15, -0.1) is 0 Å². The maximum Gasteiger partial charge on any atom is 0.0639 e. The molecule has 1 nitrogen and oxygen atoms in total. The van der Waals surface area contributed by atoms with Gasteiger partial charge in [-0.2, -0.15) is 0 Å². The van der Waals surface area contributed by atoms with Crippen molar-refractivity contribution in [1.29, 1.82) is 0 Å². The molecule has 0 saturated carbocycles. The molecule has 1 N–H and O–H groups in total. The zero-order chi connectivity index (χ0) is 4.99. The molecule has 0 aromatic heterocycles. The summed E-state index contributed by atoms with van der Waals surface area (Å²) in [7, 11) is 0. The standard InChI is InChI=1S/C5H9O/c1-3-5(2)4-6/h3,6H,1,4H2,2H3/b5-3+. The van der Waals surface area contributed by atoms with Crippen LogP contribution in [0.2, 0.25) is 0 Å². The number of aliphatic hydroxyl groups excluding tert-OH is 1. The molecule has 0 bridgehead atoms. The van der Waals surface area contributed by atoms with Crippen LogP contribution in [0.4, 0.5) is 0 Å². The minimum Gasteiger partial charge on any atom is -0.392 e. The quantitative estimate of drug-likeness (QED) is 0.498. The average molecular weight is 85.1 g/mol. The third kappa shape index (κ3) is 1.97. The molecule has 0 atom stereocenters. The molecule has 0 aliphatic heterocycles. The minimum absolute atomic E-state index is 0.128. The van der Waals surface area contributed by atoms with Gasteiger partial charge in [-0.1, -0.05) is 11.6 Å². The lowest BCUT2D eigenvalue weighted by Gasteiger charge is -1.84. The maximum absolute atomic E-state index is 8.23. The van der Waals surface area contributed by atoms with Gasteiger partial charge >= 0.3 is 0 Å². The van der Waals surface area contributed by atoms with Crippen molar-refractivity contribution in [3.63, 3.8) is 0 Å². The molecular weight excluding hydrogens is 76.1 g/mol. The fourth-order valence-corrected chi connectivity index (χ4v) is 0.0645. The Hall–Kier alpha value is -0.300. The van der Waals surface area contributed by atoms with Gasteiger partial charge in [0.05, 0.1) is 6.61 Å². The zero-order valence-electron chi connectivity index (χ0n) is 3.94. The number of aliphatic hydroxyl groups is 1. The van der Waals surface area contributed by atoms with Gasteiger partial charge in [0.1, 0.15) is 0 Å². The van der Waals surface area contributed by atoms with E-state index in [-0.39, 0.29) is 6.61 Å². The van der Waals surface area contributed by atoms with E-state index in [4.69, 9.17) is 5.11 Å². The predicted octanol–water partition coefficient (Wildman–Crippen LogP) is 0.759. The Bertz CT molecular complexity index is 55.0. The molecule has 0 rings (SSSR count). The van der Waals surface area contributed by atoms with Crippen LogP contribution >= 0.6 is 0 Å². The van der Waals surface area contributed by atoms with E-state index in [1.54, 1.807) is 6.08 Å². The molecule has 0 amide bonds. The Morgan fingerprint density at radius 2 is 2.50 bits per heavy atom. The Morgan fingerprint density at radius 1 is 2.00 bits per heavy atom. The molecule has 6 heavy (non-hydrogen) atoms. The number of allylic oxidation sites excluding steroid dienone is 1. The van der Waals surface area contributed by atoms with E-state index in [9.17, 15) is 0 Å². The Labute approximate surface area is 38.3 Å². The van der Waals surface area contributed by atoms with Crippen molar-refractivity contribution < 1.29 is 5.11 Å². The summed E-state index contributed by atoms with van der Waals surface area (Å²) in [5, 5.41) is 8.23. The smallest absolute Gasteiger partial charge is 0.0639 e. The van der Waals surface area contributed by atoms with E-state index < -0.39 is 0 Å². The Morgan fingerprint density at radius 3 is 2.50 bits per heavy atom. The third-order valence-corrected chi connectivity index (χ3v) is 0.598. The monoisotopic (exact) mass is 85.1 g/mol. The topological polar surface area (TPSA) is 20.2 Å². The molecule has 35 valence electrons. The van der Waals surface area contributed by atoms with Gasteiger partial charge in [0, 0.05) is 0 Å². The largest absolute Gasteiger partial charge is 0.392 e. The molecule has 0 aliphatic rings. The summed E-state index contributed by atoms with van der Waals surface area (Å²) in [5.41, 5.74) is 0.912. The highest BCUT2D eigenvalue weighted by Gasteiger charge is 1.74. The third-order valence-electron chi connectivity index (χ3n) is 0.598. The van der Waals surface area contributed by atoms with Crippen LogP contribution < -0.4 is 0 Å². The molecule has 0 aromatic rings. The van der Waals surface area contributed by atoms with Crippen LogP contribution in [0.25, 0.3) is 0 Å². The van der Waals surface area contributed by atoms with Crippen LogP contribution in [0.5, 0.6) is 0 Å². The number of hydrogen-bond acceptors (Lipinski definition) is 1. The molecule has 1 heteroatoms. The average Bonchev–Trinajstić information content (AvgIpc) is 1.65. The molecule has 0 unspecified atom stereocenters. The Kier molecular flexibility index (Phi) is 2.77. The van der Waals surface area contributed by atoms with Crippen molar-refractivity contribution in [3.8, 4) is 0 Å². The normalized spacial score (nSPS) is 12.2. The first-order chi connectivity index (χ1) is 2.81. The second kappa shape index (κ2) is 2.91. The van der Waals surface area contributed by atoms with Crippen LogP contribution in [0, 0.1) is 6.92 Å². The van der Waals surface area contributed by atoms with E-state index in [0.29, 0.717) is 0 Å². The molecule has 1 radical (unpaired) electrons. The summed E-state index contributed by atoms with van der Waals surface area (Å²) in [6, 6.07) is 0. The summed E-state index contributed by atoms with van der Waals surface area (Å²) < 4.78 is 0. The zero-order valence-corrected chi connectivity index (χ0v) is 3.94. The van der Waals surface area contributed by atoms with Crippen molar-refractivity contribution in [3.05, 3.63) is 18.6 Å². The van der Waals surface area contributed by atoms with Crippen molar-refractivity contribution in [1.82, 2.24) is 0 Å². The number of rotatable bonds is 1. The molecule has 0 saturated heterocycles. The van der Waals surface area contributed by atoms with Crippen LogP contribution in [-0.4, -0.2) is 11.7 Å². The fraction of sp³-hybridized carbons (Fsp3) is 0.400. The van der Waals surface area contributed by atoms with Crippen molar-refractivity contribution >= 4 is 0 Å². The first-order valence-corrected chi connectivity index (χ1v) is 1.87. The van der Waals surface area contributed by atoms with Crippen LogP contribution in [-0.2, 0) is 0 Å². The summed E-state index contributed by atoms with van der Waals surface area (Å²) >= 11 is 0. The molecular formula is C5H9O. The first-order valence-electron chi connectivity index (χ1n) is 1.87. The maximum atomic E-state index is 8.23. The van der Waals surface area contributed by atoms with Gasteiger partial charge < -0.3 is 5.11 Å². The van der Waals surface area contributed by atoms with Gasteiger partial charge in [-0.05, 0) is 13.8 Å². The first kappa shape index (κ1) is 5.70. The summed E-state index contributed by atoms with van der Waals surface area (Å²) in [6.07, 6.45) is 1.64. The predicted molar refractivity (Wildman–Crippen MR) is 26.2 cm³/mol. The highest BCUT2D eigenvalue weighted by molar-refractivity contribution is 4.98. The van der Waals surface area contributed by atoms with Crippen molar-refractivity contribution in [2.45, 2.75) is 6.92 Å². The molecule has 0 spiro atoms. The van der Waals surface area contributed by atoms with Crippen molar-refractivity contribution in [2.75, 3.05) is 6.61 Å². The SMILES string of the molecule is [CH2]/C=C(\C)CO. The van der Waals surface area contributed by atoms with E-state index in [0.717, 1.165) is 5.57 Å². The summed E-state index contributed by atoms with van der Waals surface area (Å²) in [6.45, 7) is 5.39. The minimum atomic E-state index is 0.128. The van der Waals surface area contributed by atoms with Gasteiger partial charge in [0.25, 0.3) is 0 Å². The summed E-state index contributed by atoms with van der Waals surface area (Å²) in [4.78, 5) is 0. The molecule has 0 aromatic carbocycles. The lowest BCUT2D eigenvalue weighted by molar-refractivity contribution is 0.331. The van der Waals surface area contributed by atoms with E-state index in [1.165, 1.54) is 0 Å². The van der Waals surface area contributed by atoms with Crippen LogP contribution in [0.15, 0.2) is 11.6 Å². The second-order valence-corrected chi connectivity index (χ2v) is 1.21. The van der Waals surface area contributed by atoms with Crippen LogP contribution in [0.1, 0.15) is 6.92 Å². The summed E-state index contributed by atoms with van der Waals surface area (Å²) in [5.74, 6) is 0. The molecule has 0 aliphatic carbocycles. The Balaban J connectivity index is 3.22. The van der Waals surface area contributed by atoms with Gasteiger partial charge in [-0.25, -0.2) is 0 Å². The van der Waals surface area contributed by atoms with Crippen LogP contribution in [0.3, 0.4) is 0 Å². The van der Waals surface area contributed by atoms with E-state index in [1.807, 2.05) is 6.92 Å². The van der Waals surface area contributed by atoms with Gasteiger partial charge in [0.2, 0.25) is 0 Å². The highest BCUT2D eigenvalue weighted by atomic mass is 16.3. The second-order valence-electron chi connectivity index (χ2n) is 1.21. The number of hydrogen-bond donors (Lipinski definition) is 1. The van der Waals surface area contributed by atoms with E-state index >= 15 is 0 Å². The highest BCUT2D eigenvalue weighted by Crippen LogP contribution is 1.84. The molecule has 0 heterocycles. The van der Waals surface area contributed by atoms with Gasteiger partial charge in [-0.3, -0.25) is 0 Å². The lowest BCUT2D eigenvalue weighted by atomic mass is 10.3. The van der Waals surface area contributed by atoms with E-state index in [2.05, 4.69) is 6.92 Å².